The second kappa shape index (κ2) is 8.27. The van der Waals surface area contributed by atoms with E-state index in [9.17, 15) is 9.59 Å². The Bertz CT molecular complexity index is 1160. The van der Waals surface area contributed by atoms with Gasteiger partial charge in [0.1, 0.15) is 5.75 Å². The highest BCUT2D eigenvalue weighted by molar-refractivity contribution is 7.14. The molecular formula is C22H21N3O5S. The number of nitrogens with one attached hydrogen (secondary N) is 1. The normalized spacial score (nSPS) is 15.2. The average molecular weight is 439 g/mol. The van der Waals surface area contributed by atoms with E-state index in [0.29, 0.717) is 39.3 Å². The summed E-state index contributed by atoms with van der Waals surface area (Å²) in [5.41, 5.74) is 2.62. The number of carbonyl (C=O) groups excluding carboxylic acids is 2. The van der Waals surface area contributed by atoms with Gasteiger partial charge in [-0.1, -0.05) is 0 Å². The molecule has 9 heteroatoms. The van der Waals surface area contributed by atoms with Gasteiger partial charge in [0, 0.05) is 23.6 Å². The van der Waals surface area contributed by atoms with E-state index in [0.717, 1.165) is 5.56 Å². The number of anilines is 2. The van der Waals surface area contributed by atoms with E-state index >= 15 is 0 Å². The smallest absolute Gasteiger partial charge is 0.267 e. The second-order valence-electron chi connectivity index (χ2n) is 6.90. The van der Waals surface area contributed by atoms with E-state index in [4.69, 9.17) is 14.2 Å². The van der Waals surface area contributed by atoms with Gasteiger partial charge in [-0.25, -0.2) is 4.98 Å². The van der Waals surface area contributed by atoms with Crippen molar-refractivity contribution in [1.82, 2.24) is 4.98 Å². The predicted molar refractivity (Wildman–Crippen MR) is 119 cm³/mol. The van der Waals surface area contributed by atoms with Gasteiger partial charge in [-0.15, -0.1) is 11.3 Å². The minimum absolute atomic E-state index is 0.106. The minimum Gasteiger partial charge on any atom is -0.493 e. The van der Waals surface area contributed by atoms with Crippen LogP contribution in [0.3, 0.4) is 0 Å². The zero-order chi connectivity index (χ0) is 22.1. The number of hydrogen-bond donors (Lipinski definition) is 1. The lowest BCUT2D eigenvalue weighted by Crippen LogP contribution is -2.41. The number of methoxy groups -OCH3 is 2. The maximum atomic E-state index is 12.6. The Labute approximate surface area is 183 Å². The zero-order valence-corrected chi connectivity index (χ0v) is 18.3. The molecule has 1 atom stereocenters. The van der Waals surface area contributed by atoms with Crippen molar-refractivity contribution in [2.45, 2.75) is 13.0 Å². The van der Waals surface area contributed by atoms with Gasteiger partial charge in [0.25, 0.3) is 11.8 Å². The van der Waals surface area contributed by atoms with Crippen LogP contribution >= 0.6 is 11.3 Å². The SMILES string of the molecule is COc1ccc(C(=O)Nc2nc(-c3ccc4c(c3)N(C)C(=O)C(C)O4)cs2)cc1OC. The van der Waals surface area contributed by atoms with Gasteiger partial charge >= 0.3 is 0 Å². The highest BCUT2D eigenvalue weighted by atomic mass is 32.1. The highest BCUT2D eigenvalue weighted by Gasteiger charge is 2.29. The Hall–Kier alpha value is -3.59. The molecule has 0 saturated carbocycles. The third-order valence-corrected chi connectivity index (χ3v) is 5.73. The summed E-state index contributed by atoms with van der Waals surface area (Å²) < 4.78 is 16.1. The van der Waals surface area contributed by atoms with Gasteiger partial charge in [-0.3, -0.25) is 14.9 Å². The molecule has 0 radical (unpaired) electrons. The van der Waals surface area contributed by atoms with Gasteiger partial charge in [-0.05, 0) is 43.3 Å². The summed E-state index contributed by atoms with van der Waals surface area (Å²) in [5.74, 6) is 1.26. The summed E-state index contributed by atoms with van der Waals surface area (Å²) in [6.07, 6.45) is -0.513. The fourth-order valence-electron chi connectivity index (χ4n) is 3.28. The molecule has 31 heavy (non-hydrogen) atoms. The Morgan fingerprint density at radius 1 is 1.16 bits per heavy atom. The van der Waals surface area contributed by atoms with E-state index < -0.39 is 6.10 Å². The Balaban J connectivity index is 1.54. The summed E-state index contributed by atoms with van der Waals surface area (Å²) in [4.78, 5) is 30.9. The number of amides is 2. The monoisotopic (exact) mass is 439 g/mol. The number of likely N-dealkylation sites (N-methyl/N-ethyl adjacent to an activating group) is 1. The summed E-state index contributed by atoms with van der Waals surface area (Å²) in [7, 11) is 4.78. The quantitative estimate of drug-likeness (QED) is 0.650. The van der Waals surface area contributed by atoms with Gasteiger partial charge < -0.3 is 19.1 Å². The van der Waals surface area contributed by atoms with Crippen LogP contribution in [-0.2, 0) is 4.79 Å². The van der Waals surface area contributed by atoms with Crippen molar-refractivity contribution in [3.63, 3.8) is 0 Å². The third-order valence-electron chi connectivity index (χ3n) is 4.97. The number of benzene rings is 2. The number of ether oxygens (including phenoxy) is 3. The Morgan fingerprint density at radius 2 is 1.94 bits per heavy atom. The van der Waals surface area contributed by atoms with Crippen LogP contribution in [0.1, 0.15) is 17.3 Å². The summed E-state index contributed by atoms with van der Waals surface area (Å²) in [6, 6.07) is 10.5. The van der Waals surface area contributed by atoms with Crippen molar-refractivity contribution in [2.75, 3.05) is 31.5 Å². The zero-order valence-electron chi connectivity index (χ0n) is 17.5. The second-order valence-corrected chi connectivity index (χ2v) is 7.76. The van der Waals surface area contributed by atoms with Crippen LogP contribution in [-0.4, -0.2) is 44.2 Å². The molecule has 2 amide bonds. The number of carbonyl (C=O) groups is 2. The molecule has 0 bridgehead atoms. The van der Waals surface area contributed by atoms with Crippen molar-refractivity contribution in [3.05, 3.63) is 47.3 Å². The fraction of sp³-hybridized carbons (Fsp3) is 0.227. The molecule has 0 aliphatic carbocycles. The standard InChI is InChI=1S/C22H21N3O5S/c1-12-21(27)25(2)16-9-13(5-7-17(16)30-12)15-11-31-22(23-15)24-20(26)14-6-8-18(28-3)19(10-14)29-4/h5-12H,1-4H3,(H,23,24,26). The summed E-state index contributed by atoms with van der Waals surface area (Å²) in [6.45, 7) is 1.73. The molecule has 1 aliphatic heterocycles. The molecular weight excluding hydrogens is 418 g/mol. The number of nitrogens with zero attached hydrogens (tertiary/aromatic N) is 2. The fourth-order valence-corrected chi connectivity index (χ4v) is 4.00. The lowest BCUT2D eigenvalue weighted by atomic mass is 10.1. The molecule has 1 aromatic heterocycles. The van der Waals surface area contributed by atoms with Crippen LogP contribution in [0.4, 0.5) is 10.8 Å². The molecule has 160 valence electrons. The van der Waals surface area contributed by atoms with Gasteiger partial charge in [0.05, 0.1) is 25.6 Å². The van der Waals surface area contributed by atoms with Gasteiger partial charge in [0.15, 0.2) is 22.7 Å². The van der Waals surface area contributed by atoms with Crippen LogP contribution in [0.5, 0.6) is 17.2 Å². The van der Waals surface area contributed by atoms with E-state index in [1.165, 1.54) is 25.6 Å². The molecule has 2 aromatic carbocycles. The van der Waals surface area contributed by atoms with Gasteiger partial charge in [0.2, 0.25) is 0 Å². The van der Waals surface area contributed by atoms with Crippen LogP contribution in [0.2, 0.25) is 0 Å². The largest absolute Gasteiger partial charge is 0.493 e. The minimum atomic E-state index is -0.513. The van der Waals surface area contributed by atoms with Crippen molar-refractivity contribution < 1.29 is 23.8 Å². The summed E-state index contributed by atoms with van der Waals surface area (Å²) >= 11 is 1.31. The molecule has 1 unspecified atom stereocenters. The van der Waals surface area contributed by atoms with E-state index in [-0.39, 0.29) is 11.8 Å². The molecule has 0 spiro atoms. The van der Waals surface area contributed by atoms with Gasteiger partial charge in [-0.2, -0.15) is 0 Å². The van der Waals surface area contributed by atoms with Crippen LogP contribution < -0.4 is 24.4 Å². The number of thiazole rings is 1. The molecule has 4 rings (SSSR count). The average Bonchev–Trinajstić information content (AvgIpc) is 3.25. The van der Waals surface area contributed by atoms with Crippen molar-refractivity contribution in [1.29, 1.82) is 0 Å². The number of rotatable bonds is 5. The maximum absolute atomic E-state index is 12.6. The molecule has 0 fully saturated rings. The Kier molecular flexibility index (Phi) is 5.51. The van der Waals surface area contributed by atoms with Crippen LogP contribution in [0, 0.1) is 0 Å². The predicted octanol–water partition coefficient (Wildman–Crippen LogP) is 3.82. The van der Waals surface area contributed by atoms with Crippen LogP contribution in [0.15, 0.2) is 41.8 Å². The molecule has 0 saturated heterocycles. The molecule has 8 nitrogen and oxygen atoms in total. The molecule has 2 heterocycles. The van der Waals surface area contributed by atoms with Crippen molar-refractivity contribution >= 4 is 34.0 Å². The first-order valence-corrected chi connectivity index (χ1v) is 10.4. The van der Waals surface area contributed by atoms with Crippen LogP contribution in [0.25, 0.3) is 11.3 Å². The first-order valence-electron chi connectivity index (χ1n) is 9.49. The topological polar surface area (TPSA) is 90.0 Å². The highest BCUT2D eigenvalue weighted by Crippen LogP contribution is 2.37. The third kappa shape index (κ3) is 3.91. The van der Waals surface area contributed by atoms with E-state index in [1.807, 2.05) is 23.6 Å². The maximum Gasteiger partial charge on any atom is 0.267 e. The first-order chi connectivity index (χ1) is 14.9. The summed E-state index contributed by atoms with van der Waals surface area (Å²) in [5, 5.41) is 5.11. The lowest BCUT2D eigenvalue weighted by Gasteiger charge is -2.30. The number of fused-ring (bicyclic) bond motifs is 1. The lowest BCUT2D eigenvalue weighted by molar-refractivity contribution is -0.125. The Morgan fingerprint density at radius 3 is 2.68 bits per heavy atom. The number of aromatic nitrogens is 1. The number of hydrogen-bond acceptors (Lipinski definition) is 7. The molecule has 1 aliphatic rings. The molecule has 1 N–H and O–H groups in total. The van der Waals surface area contributed by atoms with Crippen molar-refractivity contribution in [2.24, 2.45) is 0 Å². The first kappa shape index (κ1) is 20.7. The van der Waals surface area contributed by atoms with E-state index in [2.05, 4.69) is 10.3 Å². The van der Waals surface area contributed by atoms with Crippen molar-refractivity contribution in [3.8, 4) is 28.5 Å². The van der Waals surface area contributed by atoms with E-state index in [1.54, 1.807) is 37.1 Å². The molecule has 3 aromatic rings.